The van der Waals surface area contributed by atoms with Gasteiger partial charge in [0, 0.05) is 10.6 Å². The van der Waals surface area contributed by atoms with Crippen LogP contribution in [0.5, 0.6) is 0 Å². The van der Waals surface area contributed by atoms with Crippen molar-refractivity contribution in [2.75, 3.05) is 11.1 Å². The maximum Gasteiger partial charge on any atom is 0.256 e. The summed E-state index contributed by atoms with van der Waals surface area (Å²) in [6.07, 6.45) is 1.52. The van der Waals surface area contributed by atoms with Crippen LogP contribution in [0.15, 0.2) is 36.5 Å². The van der Waals surface area contributed by atoms with Gasteiger partial charge in [-0.25, -0.2) is 4.98 Å². The zero-order chi connectivity index (χ0) is 13.1. The number of aryl methyl sites for hydroxylation is 1. The number of hydrogen-bond donors (Lipinski definition) is 2. The molecule has 5 heteroatoms. The SMILES string of the molecule is Cc1cc(NC(=O)c2ccc(Cl)cc2)ncc1N. The minimum Gasteiger partial charge on any atom is -0.397 e. The van der Waals surface area contributed by atoms with E-state index in [0.29, 0.717) is 22.1 Å². The van der Waals surface area contributed by atoms with E-state index in [1.165, 1.54) is 6.20 Å². The normalized spacial score (nSPS) is 10.1. The standard InChI is InChI=1S/C13H12ClN3O/c1-8-6-12(16-7-11(8)15)17-13(18)9-2-4-10(14)5-3-9/h2-7H,15H2,1H3,(H,16,17,18). The fourth-order valence-electron chi connectivity index (χ4n) is 1.42. The predicted octanol–water partition coefficient (Wildman–Crippen LogP) is 2.88. The summed E-state index contributed by atoms with van der Waals surface area (Å²) >= 11 is 5.76. The number of carbonyl (C=O) groups is 1. The lowest BCUT2D eigenvalue weighted by molar-refractivity contribution is 0.102. The zero-order valence-electron chi connectivity index (χ0n) is 9.77. The lowest BCUT2D eigenvalue weighted by atomic mass is 10.2. The molecule has 0 unspecified atom stereocenters. The molecular formula is C13H12ClN3O. The number of nitrogen functional groups attached to an aromatic ring is 1. The molecule has 2 rings (SSSR count). The third kappa shape index (κ3) is 2.78. The maximum absolute atomic E-state index is 11.9. The Morgan fingerprint density at radius 2 is 2.00 bits per heavy atom. The molecule has 0 aliphatic carbocycles. The van der Waals surface area contributed by atoms with Crippen LogP contribution in [0.2, 0.25) is 5.02 Å². The van der Waals surface area contributed by atoms with E-state index < -0.39 is 0 Å². The predicted molar refractivity (Wildman–Crippen MR) is 72.8 cm³/mol. The Labute approximate surface area is 110 Å². The van der Waals surface area contributed by atoms with Crippen LogP contribution in [0, 0.1) is 6.92 Å². The highest BCUT2D eigenvalue weighted by Crippen LogP contribution is 2.15. The number of benzene rings is 1. The van der Waals surface area contributed by atoms with Crippen molar-refractivity contribution < 1.29 is 4.79 Å². The number of anilines is 2. The molecule has 0 saturated carbocycles. The fourth-order valence-corrected chi connectivity index (χ4v) is 1.55. The second-order valence-corrected chi connectivity index (χ2v) is 4.32. The molecule has 2 aromatic rings. The van der Waals surface area contributed by atoms with Crippen molar-refractivity contribution in [3.63, 3.8) is 0 Å². The molecule has 0 fully saturated rings. The Bertz CT molecular complexity index is 581. The number of carbonyl (C=O) groups excluding carboxylic acids is 1. The van der Waals surface area contributed by atoms with Crippen LogP contribution < -0.4 is 11.1 Å². The van der Waals surface area contributed by atoms with E-state index in [0.717, 1.165) is 5.56 Å². The highest BCUT2D eigenvalue weighted by atomic mass is 35.5. The van der Waals surface area contributed by atoms with E-state index in [4.69, 9.17) is 17.3 Å². The van der Waals surface area contributed by atoms with E-state index >= 15 is 0 Å². The number of amides is 1. The molecule has 0 bridgehead atoms. The van der Waals surface area contributed by atoms with Crippen LogP contribution in [0.4, 0.5) is 11.5 Å². The Morgan fingerprint density at radius 1 is 1.33 bits per heavy atom. The van der Waals surface area contributed by atoms with Crippen molar-refractivity contribution in [2.24, 2.45) is 0 Å². The van der Waals surface area contributed by atoms with E-state index in [1.807, 2.05) is 6.92 Å². The van der Waals surface area contributed by atoms with E-state index in [1.54, 1.807) is 30.3 Å². The summed E-state index contributed by atoms with van der Waals surface area (Å²) < 4.78 is 0. The molecular weight excluding hydrogens is 250 g/mol. The number of aromatic nitrogens is 1. The third-order valence-corrected chi connectivity index (χ3v) is 2.75. The Kier molecular flexibility index (Phi) is 3.48. The van der Waals surface area contributed by atoms with E-state index in [2.05, 4.69) is 10.3 Å². The number of rotatable bonds is 2. The number of pyridine rings is 1. The van der Waals surface area contributed by atoms with Crippen LogP contribution in [-0.2, 0) is 0 Å². The van der Waals surface area contributed by atoms with Gasteiger partial charge in [0.05, 0.1) is 11.9 Å². The average molecular weight is 262 g/mol. The van der Waals surface area contributed by atoms with Crippen molar-refractivity contribution in [3.05, 3.63) is 52.7 Å². The molecule has 0 radical (unpaired) electrons. The molecule has 1 aromatic heterocycles. The molecule has 1 amide bonds. The summed E-state index contributed by atoms with van der Waals surface area (Å²) in [4.78, 5) is 15.9. The Morgan fingerprint density at radius 3 is 2.61 bits per heavy atom. The van der Waals surface area contributed by atoms with Gasteiger partial charge in [0.15, 0.2) is 0 Å². The minimum atomic E-state index is -0.233. The molecule has 4 nitrogen and oxygen atoms in total. The van der Waals surface area contributed by atoms with Crippen LogP contribution in [0.1, 0.15) is 15.9 Å². The van der Waals surface area contributed by atoms with Gasteiger partial charge in [-0.3, -0.25) is 4.79 Å². The van der Waals surface area contributed by atoms with Crippen molar-refractivity contribution in [2.45, 2.75) is 6.92 Å². The fraction of sp³-hybridized carbons (Fsp3) is 0.0769. The third-order valence-electron chi connectivity index (χ3n) is 2.50. The summed E-state index contributed by atoms with van der Waals surface area (Å²) in [6.45, 7) is 1.86. The van der Waals surface area contributed by atoms with Crippen molar-refractivity contribution >= 4 is 29.0 Å². The highest BCUT2D eigenvalue weighted by Gasteiger charge is 2.07. The minimum absolute atomic E-state index is 0.233. The van der Waals surface area contributed by atoms with Gasteiger partial charge in [-0.05, 0) is 42.8 Å². The molecule has 0 saturated heterocycles. The first-order chi connectivity index (χ1) is 8.56. The lowest BCUT2D eigenvalue weighted by Crippen LogP contribution is -2.13. The Hall–Kier alpha value is -2.07. The van der Waals surface area contributed by atoms with E-state index in [9.17, 15) is 4.79 Å². The number of nitrogens with one attached hydrogen (secondary N) is 1. The molecule has 0 aliphatic rings. The lowest BCUT2D eigenvalue weighted by Gasteiger charge is -2.06. The number of hydrogen-bond acceptors (Lipinski definition) is 3. The van der Waals surface area contributed by atoms with Gasteiger partial charge in [-0.1, -0.05) is 11.6 Å². The van der Waals surface area contributed by atoms with Crippen molar-refractivity contribution in [1.82, 2.24) is 4.98 Å². The second kappa shape index (κ2) is 5.06. The van der Waals surface area contributed by atoms with Gasteiger partial charge in [-0.2, -0.15) is 0 Å². The summed E-state index contributed by atoms with van der Waals surface area (Å²) in [5.74, 6) is 0.241. The molecule has 0 spiro atoms. The van der Waals surface area contributed by atoms with Gasteiger partial charge >= 0.3 is 0 Å². The van der Waals surface area contributed by atoms with Crippen LogP contribution in [0.3, 0.4) is 0 Å². The summed E-state index contributed by atoms with van der Waals surface area (Å²) in [7, 11) is 0. The van der Waals surface area contributed by atoms with E-state index in [-0.39, 0.29) is 5.91 Å². The summed E-state index contributed by atoms with van der Waals surface area (Å²) in [5.41, 5.74) is 7.65. The van der Waals surface area contributed by atoms with Crippen molar-refractivity contribution in [3.8, 4) is 0 Å². The quantitative estimate of drug-likeness (QED) is 0.873. The first-order valence-electron chi connectivity index (χ1n) is 5.35. The number of halogens is 1. The monoisotopic (exact) mass is 261 g/mol. The van der Waals surface area contributed by atoms with Crippen LogP contribution in [-0.4, -0.2) is 10.9 Å². The van der Waals surface area contributed by atoms with Gasteiger partial charge in [0.1, 0.15) is 5.82 Å². The largest absolute Gasteiger partial charge is 0.397 e. The van der Waals surface area contributed by atoms with Gasteiger partial charge < -0.3 is 11.1 Å². The summed E-state index contributed by atoms with van der Waals surface area (Å²) in [5, 5.41) is 3.29. The first kappa shape index (κ1) is 12.4. The van der Waals surface area contributed by atoms with Crippen LogP contribution >= 0.6 is 11.6 Å². The van der Waals surface area contributed by atoms with Gasteiger partial charge in [0.25, 0.3) is 5.91 Å². The molecule has 18 heavy (non-hydrogen) atoms. The molecule has 1 aromatic carbocycles. The topological polar surface area (TPSA) is 68.0 Å². The molecule has 1 heterocycles. The first-order valence-corrected chi connectivity index (χ1v) is 5.73. The highest BCUT2D eigenvalue weighted by molar-refractivity contribution is 6.30. The number of nitrogens with zero attached hydrogens (tertiary/aromatic N) is 1. The second-order valence-electron chi connectivity index (χ2n) is 3.89. The van der Waals surface area contributed by atoms with Gasteiger partial charge in [0.2, 0.25) is 0 Å². The molecule has 3 N–H and O–H groups in total. The maximum atomic E-state index is 11.9. The Balaban J connectivity index is 2.16. The zero-order valence-corrected chi connectivity index (χ0v) is 10.5. The number of nitrogens with two attached hydrogens (primary N) is 1. The smallest absolute Gasteiger partial charge is 0.256 e. The average Bonchev–Trinajstić information content (AvgIpc) is 2.34. The van der Waals surface area contributed by atoms with Gasteiger partial charge in [-0.15, -0.1) is 0 Å². The summed E-state index contributed by atoms with van der Waals surface area (Å²) in [6, 6.07) is 8.36. The molecule has 0 atom stereocenters. The molecule has 92 valence electrons. The van der Waals surface area contributed by atoms with Crippen molar-refractivity contribution in [1.29, 1.82) is 0 Å². The molecule has 0 aliphatic heterocycles. The van der Waals surface area contributed by atoms with Crippen LogP contribution in [0.25, 0.3) is 0 Å².